The van der Waals surface area contributed by atoms with Gasteiger partial charge in [0.1, 0.15) is 6.04 Å². The molecule has 2 saturated heterocycles. The largest absolute Gasteiger partial charge is 0.480 e. The molecule has 2 aliphatic rings. The molecule has 0 radical (unpaired) electrons. The molecule has 0 spiro atoms. The van der Waals surface area contributed by atoms with Gasteiger partial charge in [-0.1, -0.05) is 30.3 Å². The smallest absolute Gasteiger partial charge is 0.326 e. The van der Waals surface area contributed by atoms with Crippen molar-refractivity contribution in [2.24, 2.45) is 5.92 Å². The van der Waals surface area contributed by atoms with Crippen LogP contribution < -0.4 is 0 Å². The van der Waals surface area contributed by atoms with E-state index in [1.54, 1.807) is 4.90 Å². The molecule has 146 valence electrons. The van der Waals surface area contributed by atoms with Crippen LogP contribution in [0.2, 0.25) is 0 Å². The van der Waals surface area contributed by atoms with E-state index in [0.717, 1.165) is 24.8 Å². The lowest BCUT2D eigenvalue weighted by Crippen LogP contribution is -2.52. The zero-order chi connectivity index (χ0) is 19.2. The molecule has 0 aliphatic carbocycles. The molecule has 6 nitrogen and oxygen atoms in total. The first-order valence-electron chi connectivity index (χ1n) is 9.91. The van der Waals surface area contributed by atoms with Gasteiger partial charge in [-0.05, 0) is 44.1 Å². The highest BCUT2D eigenvalue weighted by molar-refractivity contribution is 5.85. The van der Waals surface area contributed by atoms with Crippen LogP contribution >= 0.6 is 0 Å². The maximum atomic E-state index is 12.8. The van der Waals surface area contributed by atoms with Crippen LogP contribution in [0, 0.1) is 5.92 Å². The Kier molecular flexibility index (Phi) is 6.48. The summed E-state index contributed by atoms with van der Waals surface area (Å²) in [5.41, 5.74) is 1.15. The van der Waals surface area contributed by atoms with Crippen LogP contribution in [-0.4, -0.2) is 58.4 Å². The second-order valence-corrected chi connectivity index (χ2v) is 7.52. The molecule has 1 aromatic rings. The average molecular weight is 372 g/mol. The molecule has 0 unspecified atom stereocenters. The fourth-order valence-corrected chi connectivity index (χ4v) is 4.12. The van der Waals surface area contributed by atoms with Gasteiger partial charge in [-0.3, -0.25) is 9.59 Å². The van der Waals surface area contributed by atoms with Crippen LogP contribution in [0.15, 0.2) is 30.3 Å². The number of rotatable bonds is 5. The molecule has 0 bridgehead atoms. The number of nitrogens with zero attached hydrogens (tertiary/aromatic N) is 2. The Morgan fingerprint density at radius 1 is 0.963 bits per heavy atom. The first-order chi connectivity index (χ1) is 13.1. The van der Waals surface area contributed by atoms with Crippen LogP contribution in [0.1, 0.15) is 44.1 Å². The zero-order valence-corrected chi connectivity index (χ0v) is 15.7. The summed E-state index contributed by atoms with van der Waals surface area (Å²) in [5, 5.41) is 9.38. The summed E-state index contributed by atoms with van der Waals surface area (Å²) in [6.45, 7) is 1.69. The number of aliphatic carboxylic acids is 1. The second-order valence-electron chi connectivity index (χ2n) is 7.52. The van der Waals surface area contributed by atoms with Crippen LogP contribution in [0.4, 0.5) is 0 Å². The highest BCUT2D eigenvalue weighted by atomic mass is 16.4. The van der Waals surface area contributed by atoms with E-state index in [9.17, 15) is 19.5 Å². The number of hydrogen-bond acceptors (Lipinski definition) is 3. The Bertz CT molecular complexity index is 668. The van der Waals surface area contributed by atoms with Crippen molar-refractivity contribution in [2.75, 3.05) is 19.6 Å². The number of piperidine rings is 2. The van der Waals surface area contributed by atoms with Gasteiger partial charge in [0.15, 0.2) is 0 Å². The summed E-state index contributed by atoms with van der Waals surface area (Å²) >= 11 is 0. The third-order valence-electron chi connectivity index (χ3n) is 5.74. The monoisotopic (exact) mass is 372 g/mol. The van der Waals surface area contributed by atoms with Crippen molar-refractivity contribution < 1.29 is 19.5 Å². The maximum absolute atomic E-state index is 12.8. The molecular formula is C21H28N2O4. The standard InChI is InChI=1S/C21H28N2O4/c24-19(10-9-16-6-2-1-3-7-16)22-14-11-17(12-15-22)20(25)23-13-5-4-8-18(23)21(26)27/h1-3,6-7,17-18H,4-5,8-15H2,(H,26,27)/t18-/m1/s1. The second kappa shape index (κ2) is 9.02. The zero-order valence-electron chi connectivity index (χ0n) is 15.7. The number of hydrogen-bond donors (Lipinski definition) is 1. The first-order valence-corrected chi connectivity index (χ1v) is 9.91. The minimum atomic E-state index is -0.906. The molecule has 1 atom stereocenters. The molecule has 0 saturated carbocycles. The SMILES string of the molecule is O=C(O)[C@H]1CCCCN1C(=O)C1CCN(C(=O)CCc2ccccc2)CC1. The lowest BCUT2D eigenvalue weighted by Gasteiger charge is -2.38. The summed E-state index contributed by atoms with van der Waals surface area (Å²) < 4.78 is 0. The fourth-order valence-electron chi connectivity index (χ4n) is 4.12. The van der Waals surface area contributed by atoms with Gasteiger partial charge in [-0.25, -0.2) is 4.79 Å². The molecule has 6 heteroatoms. The third-order valence-corrected chi connectivity index (χ3v) is 5.74. The minimum Gasteiger partial charge on any atom is -0.480 e. The van der Waals surface area contributed by atoms with Crippen molar-refractivity contribution in [2.45, 2.75) is 51.0 Å². The highest BCUT2D eigenvalue weighted by Gasteiger charge is 2.36. The van der Waals surface area contributed by atoms with Gasteiger partial charge in [0.05, 0.1) is 0 Å². The van der Waals surface area contributed by atoms with E-state index in [4.69, 9.17) is 0 Å². The van der Waals surface area contributed by atoms with E-state index in [-0.39, 0.29) is 17.7 Å². The first kappa shape index (κ1) is 19.4. The Hall–Kier alpha value is -2.37. The number of carboxylic acid groups (broad SMARTS) is 1. The molecule has 2 amide bonds. The van der Waals surface area contributed by atoms with Gasteiger partial charge in [0.2, 0.25) is 11.8 Å². The van der Waals surface area contributed by atoms with E-state index in [2.05, 4.69) is 0 Å². The van der Waals surface area contributed by atoms with E-state index in [1.165, 1.54) is 0 Å². The van der Waals surface area contributed by atoms with E-state index >= 15 is 0 Å². The number of likely N-dealkylation sites (tertiary alicyclic amines) is 2. The van der Waals surface area contributed by atoms with Crippen LogP contribution in [0.3, 0.4) is 0 Å². The summed E-state index contributed by atoms with van der Waals surface area (Å²) in [6.07, 6.45) is 4.72. The van der Waals surface area contributed by atoms with Gasteiger partial charge in [-0.2, -0.15) is 0 Å². The van der Waals surface area contributed by atoms with Crippen LogP contribution in [0.5, 0.6) is 0 Å². The Balaban J connectivity index is 1.48. The van der Waals surface area contributed by atoms with Gasteiger partial charge in [0, 0.05) is 32.0 Å². The molecular weight excluding hydrogens is 344 g/mol. The predicted octanol–water partition coefficient (Wildman–Crippen LogP) is 2.32. The highest BCUT2D eigenvalue weighted by Crippen LogP contribution is 2.25. The maximum Gasteiger partial charge on any atom is 0.326 e. The van der Waals surface area contributed by atoms with Crippen molar-refractivity contribution in [3.05, 3.63) is 35.9 Å². The molecule has 2 aliphatic heterocycles. The summed E-state index contributed by atoms with van der Waals surface area (Å²) in [5.74, 6) is -0.982. The predicted molar refractivity (Wildman–Crippen MR) is 101 cm³/mol. The van der Waals surface area contributed by atoms with E-state index in [0.29, 0.717) is 45.3 Å². The van der Waals surface area contributed by atoms with Crippen LogP contribution in [0.25, 0.3) is 0 Å². The van der Waals surface area contributed by atoms with Crippen molar-refractivity contribution in [3.8, 4) is 0 Å². The average Bonchev–Trinajstić information content (AvgIpc) is 2.72. The van der Waals surface area contributed by atoms with Crippen LogP contribution in [-0.2, 0) is 20.8 Å². The number of carbonyl (C=O) groups is 3. The molecule has 1 aromatic carbocycles. The molecule has 3 rings (SSSR count). The van der Waals surface area contributed by atoms with Crippen molar-refractivity contribution >= 4 is 17.8 Å². The summed E-state index contributed by atoms with van der Waals surface area (Å²) in [4.78, 5) is 40.1. The Labute approximate surface area is 160 Å². The Morgan fingerprint density at radius 3 is 2.33 bits per heavy atom. The number of amides is 2. The normalized spacial score (nSPS) is 21.1. The van der Waals surface area contributed by atoms with Gasteiger partial charge in [-0.15, -0.1) is 0 Å². The van der Waals surface area contributed by atoms with E-state index < -0.39 is 12.0 Å². The number of carboxylic acids is 1. The lowest BCUT2D eigenvalue weighted by atomic mass is 9.92. The molecule has 0 aromatic heterocycles. The van der Waals surface area contributed by atoms with Gasteiger partial charge in [0.25, 0.3) is 0 Å². The molecule has 2 fully saturated rings. The lowest BCUT2D eigenvalue weighted by molar-refractivity contribution is -0.155. The number of carbonyl (C=O) groups excluding carboxylic acids is 2. The summed E-state index contributed by atoms with van der Waals surface area (Å²) in [6, 6.07) is 9.27. The minimum absolute atomic E-state index is 0.0431. The molecule has 2 heterocycles. The number of aryl methyl sites for hydroxylation is 1. The van der Waals surface area contributed by atoms with Crippen molar-refractivity contribution in [1.82, 2.24) is 9.80 Å². The Morgan fingerprint density at radius 2 is 1.67 bits per heavy atom. The topological polar surface area (TPSA) is 77.9 Å². The van der Waals surface area contributed by atoms with Crippen molar-refractivity contribution in [1.29, 1.82) is 0 Å². The molecule has 1 N–H and O–H groups in total. The van der Waals surface area contributed by atoms with Gasteiger partial charge < -0.3 is 14.9 Å². The summed E-state index contributed by atoms with van der Waals surface area (Å²) in [7, 11) is 0. The van der Waals surface area contributed by atoms with Crippen molar-refractivity contribution in [3.63, 3.8) is 0 Å². The van der Waals surface area contributed by atoms with E-state index in [1.807, 2.05) is 35.2 Å². The quantitative estimate of drug-likeness (QED) is 0.860. The fraction of sp³-hybridized carbons (Fsp3) is 0.571. The molecule has 27 heavy (non-hydrogen) atoms. The third kappa shape index (κ3) is 4.87. The van der Waals surface area contributed by atoms with Gasteiger partial charge >= 0.3 is 5.97 Å². The number of benzene rings is 1.